The Morgan fingerprint density at radius 2 is 1.86 bits per heavy atom. The highest BCUT2D eigenvalue weighted by Crippen LogP contribution is 2.26. The molecule has 1 N–H and O–H groups in total. The first-order chi connectivity index (χ1) is 9.80. The van der Waals surface area contributed by atoms with Crippen molar-refractivity contribution in [3.63, 3.8) is 0 Å². The zero-order valence-electron chi connectivity index (χ0n) is 11.2. The van der Waals surface area contributed by atoms with Crippen LogP contribution in [0.3, 0.4) is 0 Å². The van der Waals surface area contributed by atoms with Crippen molar-refractivity contribution >= 4 is 21.8 Å². The fourth-order valence-corrected chi connectivity index (χ4v) is 3.85. The maximum Gasteiger partial charge on any atom is 0.361 e. The summed E-state index contributed by atoms with van der Waals surface area (Å²) < 4.78 is 33.0. The summed E-state index contributed by atoms with van der Waals surface area (Å²) in [5, 5.41) is 16.9. The number of methoxy groups -OCH3 is 2. The fourth-order valence-electron chi connectivity index (χ4n) is 2.09. The minimum Gasteiger partial charge on any atom is -0.464 e. The molecule has 1 aromatic heterocycles. The minimum absolute atomic E-state index is 0.356. The summed E-state index contributed by atoms with van der Waals surface area (Å²) in [6.07, 6.45) is -1.26. The second kappa shape index (κ2) is 5.41. The predicted molar refractivity (Wildman–Crippen MR) is 66.4 cm³/mol. The van der Waals surface area contributed by atoms with Gasteiger partial charge in [0.25, 0.3) is 0 Å². The van der Waals surface area contributed by atoms with Crippen LogP contribution in [0.4, 0.5) is 0 Å². The van der Waals surface area contributed by atoms with E-state index in [0.717, 1.165) is 18.9 Å². The van der Waals surface area contributed by atoms with Crippen LogP contribution in [-0.2, 0) is 19.3 Å². The van der Waals surface area contributed by atoms with E-state index in [0.29, 0.717) is 0 Å². The molecule has 2 rings (SSSR count). The van der Waals surface area contributed by atoms with Crippen LogP contribution in [0.2, 0.25) is 0 Å². The monoisotopic (exact) mass is 319 g/mol. The van der Waals surface area contributed by atoms with E-state index >= 15 is 0 Å². The molecule has 0 unspecified atom stereocenters. The van der Waals surface area contributed by atoms with Gasteiger partial charge in [0.1, 0.15) is 0 Å². The molecule has 21 heavy (non-hydrogen) atoms. The number of ether oxygens (including phenoxy) is 2. The van der Waals surface area contributed by atoms with Crippen molar-refractivity contribution < 1.29 is 32.6 Å². The van der Waals surface area contributed by atoms with Gasteiger partial charge in [0.05, 0.1) is 37.9 Å². The fraction of sp³-hybridized carbons (Fsp3) is 0.600. The Bertz CT molecular complexity index is 681. The number of aliphatic hydroxyl groups is 1. The highest BCUT2D eigenvalue weighted by atomic mass is 32.2. The van der Waals surface area contributed by atoms with Crippen LogP contribution in [0.1, 0.15) is 27.0 Å². The summed E-state index contributed by atoms with van der Waals surface area (Å²) in [5.74, 6) is -2.72. The molecule has 2 heterocycles. The number of aliphatic hydroxyl groups excluding tert-OH is 1. The van der Waals surface area contributed by atoms with Crippen molar-refractivity contribution in [2.75, 3.05) is 25.7 Å². The van der Waals surface area contributed by atoms with Gasteiger partial charge >= 0.3 is 11.9 Å². The smallest absolute Gasteiger partial charge is 0.361 e. The molecular formula is C10H13N3O7S. The van der Waals surface area contributed by atoms with Gasteiger partial charge in [0.15, 0.2) is 15.5 Å². The Balaban J connectivity index is 2.52. The molecule has 1 aliphatic rings. The van der Waals surface area contributed by atoms with Gasteiger partial charge < -0.3 is 14.6 Å². The number of carbonyl (C=O) groups excluding carboxylic acids is 2. The number of esters is 2. The van der Waals surface area contributed by atoms with Crippen molar-refractivity contribution in [3.05, 3.63) is 11.4 Å². The largest absolute Gasteiger partial charge is 0.464 e. The molecule has 10 nitrogen and oxygen atoms in total. The molecule has 0 saturated carbocycles. The number of sulfone groups is 1. The van der Waals surface area contributed by atoms with E-state index in [4.69, 9.17) is 0 Å². The maximum atomic E-state index is 11.8. The molecule has 0 spiro atoms. The van der Waals surface area contributed by atoms with Crippen LogP contribution in [0.15, 0.2) is 0 Å². The van der Waals surface area contributed by atoms with Crippen molar-refractivity contribution in [2.45, 2.75) is 12.1 Å². The van der Waals surface area contributed by atoms with Gasteiger partial charge in [-0.15, -0.1) is 5.10 Å². The third-order valence-corrected chi connectivity index (χ3v) is 4.76. The molecule has 0 aliphatic carbocycles. The quantitative estimate of drug-likeness (QED) is 0.638. The lowest BCUT2D eigenvalue weighted by atomic mass is 10.2. The number of hydrogen-bond acceptors (Lipinski definition) is 9. The first-order valence-corrected chi connectivity index (χ1v) is 7.63. The molecule has 0 bridgehead atoms. The molecule has 1 fully saturated rings. The van der Waals surface area contributed by atoms with Crippen molar-refractivity contribution in [1.29, 1.82) is 0 Å². The second-order valence-corrected chi connectivity index (χ2v) is 6.58. The molecule has 1 saturated heterocycles. The van der Waals surface area contributed by atoms with Crippen LogP contribution in [0.5, 0.6) is 0 Å². The zero-order chi connectivity index (χ0) is 15.8. The lowest BCUT2D eigenvalue weighted by molar-refractivity contribution is 0.0536. The average molecular weight is 319 g/mol. The summed E-state index contributed by atoms with van der Waals surface area (Å²) in [7, 11) is -1.29. The molecule has 2 atom stereocenters. The van der Waals surface area contributed by atoms with E-state index in [2.05, 4.69) is 19.8 Å². The number of rotatable bonds is 3. The molecule has 116 valence electrons. The Morgan fingerprint density at radius 1 is 1.24 bits per heavy atom. The number of aromatic nitrogens is 3. The van der Waals surface area contributed by atoms with Gasteiger partial charge in [-0.2, -0.15) is 0 Å². The second-order valence-electron chi connectivity index (χ2n) is 4.43. The maximum absolute atomic E-state index is 11.8. The van der Waals surface area contributed by atoms with Crippen LogP contribution in [-0.4, -0.2) is 72.3 Å². The van der Waals surface area contributed by atoms with Gasteiger partial charge in [-0.3, -0.25) is 0 Å². The molecule has 1 aliphatic heterocycles. The van der Waals surface area contributed by atoms with Gasteiger partial charge in [-0.25, -0.2) is 22.7 Å². The summed E-state index contributed by atoms with van der Waals surface area (Å²) in [5.41, 5.74) is -0.758. The van der Waals surface area contributed by atoms with Crippen molar-refractivity contribution in [1.82, 2.24) is 15.0 Å². The number of hydrogen-bond donors (Lipinski definition) is 1. The Labute approximate surface area is 119 Å². The zero-order valence-corrected chi connectivity index (χ0v) is 12.0. The van der Waals surface area contributed by atoms with E-state index in [1.54, 1.807) is 0 Å². The van der Waals surface area contributed by atoms with E-state index < -0.39 is 51.1 Å². The summed E-state index contributed by atoms with van der Waals surface area (Å²) in [6, 6.07) is -1.02. The summed E-state index contributed by atoms with van der Waals surface area (Å²) in [4.78, 5) is 23.4. The Hall–Kier alpha value is -2.01. The highest BCUT2D eigenvalue weighted by molar-refractivity contribution is 7.91. The lowest BCUT2D eigenvalue weighted by Crippen LogP contribution is -2.27. The first-order valence-electron chi connectivity index (χ1n) is 5.81. The van der Waals surface area contributed by atoms with Crippen LogP contribution in [0.25, 0.3) is 0 Å². The van der Waals surface area contributed by atoms with Crippen molar-refractivity contribution in [2.24, 2.45) is 0 Å². The SMILES string of the molecule is COC(=O)c1nnn([C@@H]2CS(=O)(=O)C[C@@H]2O)c1C(=O)OC. The standard InChI is InChI=1S/C10H13N3O7S/c1-19-9(15)7-8(10(16)20-2)13(12-11-7)5-3-21(17,18)4-6(5)14/h5-6,14H,3-4H2,1-2H3/t5-,6+/m1/s1. The predicted octanol–water partition coefficient (Wildman–Crippen LogP) is -1.82. The van der Waals surface area contributed by atoms with E-state index in [9.17, 15) is 23.1 Å². The molecule has 1 aromatic rings. The number of nitrogens with zero attached hydrogens (tertiary/aromatic N) is 3. The van der Waals surface area contributed by atoms with Crippen LogP contribution >= 0.6 is 0 Å². The molecule has 11 heteroatoms. The first kappa shape index (κ1) is 15.4. The third-order valence-electron chi connectivity index (χ3n) is 3.06. The molecular weight excluding hydrogens is 306 g/mol. The van der Waals surface area contributed by atoms with E-state index in [-0.39, 0.29) is 5.69 Å². The Kier molecular flexibility index (Phi) is 3.96. The minimum atomic E-state index is -3.47. The van der Waals surface area contributed by atoms with Gasteiger partial charge in [-0.05, 0) is 0 Å². The molecule has 0 amide bonds. The van der Waals surface area contributed by atoms with Gasteiger partial charge in [0.2, 0.25) is 5.69 Å². The van der Waals surface area contributed by atoms with E-state index in [1.807, 2.05) is 0 Å². The summed E-state index contributed by atoms with van der Waals surface area (Å²) in [6.45, 7) is 0. The summed E-state index contributed by atoms with van der Waals surface area (Å²) >= 11 is 0. The third kappa shape index (κ3) is 2.74. The topological polar surface area (TPSA) is 138 Å². The van der Waals surface area contributed by atoms with E-state index in [1.165, 1.54) is 0 Å². The van der Waals surface area contributed by atoms with Crippen LogP contribution in [0, 0.1) is 0 Å². The van der Waals surface area contributed by atoms with Crippen LogP contribution < -0.4 is 0 Å². The van der Waals surface area contributed by atoms with Gasteiger partial charge in [-0.1, -0.05) is 5.21 Å². The highest BCUT2D eigenvalue weighted by Gasteiger charge is 2.41. The average Bonchev–Trinajstić information content (AvgIpc) is 2.97. The number of carbonyl (C=O) groups is 2. The Morgan fingerprint density at radius 3 is 2.33 bits per heavy atom. The van der Waals surface area contributed by atoms with Crippen molar-refractivity contribution in [3.8, 4) is 0 Å². The molecule has 0 aromatic carbocycles. The normalized spacial score (nSPS) is 23.8. The lowest BCUT2D eigenvalue weighted by Gasteiger charge is -2.14. The van der Waals surface area contributed by atoms with Gasteiger partial charge in [0, 0.05) is 0 Å². The molecule has 0 radical (unpaired) electrons.